The summed E-state index contributed by atoms with van der Waals surface area (Å²) in [7, 11) is 1.93. The Balaban J connectivity index is 1.78. The largest absolute Gasteiger partial charge is 0.383 e. The highest BCUT2D eigenvalue weighted by Gasteiger charge is 2.19. The molecule has 136 valence electrons. The number of nitrogens with two attached hydrogens (primary N) is 2. The zero-order valence-electron chi connectivity index (χ0n) is 14.9. The van der Waals surface area contributed by atoms with Gasteiger partial charge < -0.3 is 16.4 Å². The molecule has 2 aromatic heterocycles. The Labute approximate surface area is 161 Å². The Morgan fingerprint density at radius 3 is 2.48 bits per heavy atom. The van der Waals surface area contributed by atoms with E-state index in [1.165, 1.54) is 0 Å². The summed E-state index contributed by atoms with van der Waals surface area (Å²) >= 11 is 6.35. The van der Waals surface area contributed by atoms with Crippen molar-refractivity contribution >= 4 is 51.1 Å². The summed E-state index contributed by atoms with van der Waals surface area (Å²) in [4.78, 5) is 19.0. The van der Waals surface area contributed by atoms with Gasteiger partial charge in [0.25, 0.3) is 0 Å². The lowest BCUT2D eigenvalue weighted by Gasteiger charge is -2.26. The zero-order chi connectivity index (χ0) is 19.1. The minimum Gasteiger partial charge on any atom is -0.383 e. The standard InChI is InChI=1S/C19H18ClN7/c1-10(11-7-8-15(20)13-6-4-3-5-12(11)13)27(2)19-23-9-14-16(21)24-18(22)25-17(14)26-19/h3-10H,1-2H3,(H4,21,22,23,24,25,26). The second-order valence-corrected chi connectivity index (χ2v) is 6.75. The minimum atomic E-state index is 0.00106. The number of nitrogens with zero attached hydrogens (tertiary/aromatic N) is 5. The Morgan fingerprint density at radius 1 is 0.963 bits per heavy atom. The van der Waals surface area contributed by atoms with Crippen LogP contribution in [0.15, 0.2) is 42.6 Å². The fraction of sp³-hybridized carbons (Fsp3) is 0.158. The van der Waals surface area contributed by atoms with Crippen LogP contribution in [0.2, 0.25) is 5.02 Å². The van der Waals surface area contributed by atoms with Crippen LogP contribution in [0.25, 0.3) is 21.8 Å². The summed E-state index contributed by atoms with van der Waals surface area (Å²) in [6, 6.07) is 12.0. The molecule has 1 atom stereocenters. The first kappa shape index (κ1) is 17.2. The van der Waals surface area contributed by atoms with E-state index < -0.39 is 0 Å². The predicted octanol–water partition coefficient (Wildman–Crippen LogP) is 3.59. The van der Waals surface area contributed by atoms with Crippen LogP contribution in [-0.2, 0) is 0 Å². The number of hydrogen-bond donors (Lipinski definition) is 2. The molecule has 0 bridgehead atoms. The van der Waals surface area contributed by atoms with Crippen LogP contribution in [0.4, 0.5) is 17.7 Å². The van der Waals surface area contributed by atoms with E-state index in [4.69, 9.17) is 23.1 Å². The fourth-order valence-electron chi connectivity index (χ4n) is 3.15. The molecule has 0 aliphatic heterocycles. The lowest BCUT2D eigenvalue weighted by molar-refractivity contribution is 0.722. The van der Waals surface area contributed by atoms with E-state index >= 15 is 0 Å². The first-order valence-electron chi connectivity index (χ1n) is 8.41. The molecule has 0 aliphatic rings. The molecule has 0 saturated carbocycles. The average Bonchev–Trinajstić information content (AvgIpc) is 2.67. The maximum absolute atomic E-state index is 6.35. The minimum absolute atomic E-state index is 0.00106. The van der Waals surface area contributed by atoms with Crippen LogP contribution >= 0.6 is 11.6 Å². The molecule has 2 heterocycles. The number of halogens is 1. The van der Waals surface area contributed by atoms with Crippen molar-refractivity contribution < 1.29 is 0 Å². The maximum atomic E-state index is 6.35. The van der Waals surface area contributed by atoms with Crippen molar-refractivity contribution in [3.8, 4) is 0 Å². The third-order valence-corrected chi connectivity index (χ3v) is 5.07. The molecule has 0 amide bonds. The molecule has 8 heteroatoms. The molecule has 0 saturated heterocycles. The molecule has 1 unspecified atom stereocenters. The van der Waals surface area contributed by atoms with Gasteiger partial charge in [0.2, 0.25) is 11.9 Å². The van der Waals surface area contributed by atoms with Crippen LogP contribution in [0, 0.1) is 0 Å². The second-order valence-electron chi connectivity index (χ2n) is 6.34. The van der Waals surface area contributed by atoms with Crippen molar-refractivity contribution in [3.05, 3.63) is 53.2 Å². The number of nitrogen functional groups attached to an aromatic ring is 2. The van der Waals surface area contributed by atoms with Crippen molar-refractivity contribution in [1.29, 1.82) is 0 Å². The van der Waals surface area contributed by atoms with E-state index in [2.05, 4.69) is 32.9 Å². The predicted molar refractivity (Wildman–Crippen MR) is 110 cm³/mol. The van der Waals surface area contributed by atoms with E-state index in [0.717, 1.165) is 21.4 Å². The zero-order valence-corrected chi connectivity index (χ0v) is 15.6. The summed E-state index contributed by atoms with van der Waals surface area (Å²) in [5.41, 5.74) is 13.1. The van der Waals surface area contributed by atoms with E-state index in [1.807, 2.05) is 42.3 Å². The monoisotopic (exact) mass is 379 g/mol. The number of rotatable bonds is 3. The topological polar surface area (TPSA) is 107 Å². The number of benzene rings is 2. The van der Waals surface area contributed by atoms with Crippen LogP contribution in [0.5, 0.6) is 0 Å². The molecule has 4 N–H and O–H groups in total. The Hall–Kier alpha value is -3.19. The number of anilines is 3. The quantitative estimate of drug-likeness (QED) is 0.560. The van der Waals surface area contributed by atoms with Crippen molar-refractivity contribution in [2.45, 2.75) is 13.0 Å². The molecule has 0 spiro atoms. The first-order chi connectivity index (χ1) is 13.0. The highest BCUT2D eigenvalue weighted by Crippen LogP contribution is 2.33. The van der Waals surface area contributed by atoms with Crippen molar-refractivity contribution in [3.63, 3.8) is 0 Å². The Morgan fingerprint density at radius 2 is 1.70 bits per heavy atom. The maximum Gasteiger partial charge on any atom is 0.227 e. The van der Waals surface area contributed by atoms with Gasteiger partial charge in [-0.15, -0.1) is 0 Å². The third-order valence-electron chi connectivity index (χ3n) is 4.74. The van der Waals surface area contributed by atoms with E-state index in [9.17, 15) is 0 Å². The van der Waals surface area contributed by atoms with Gasteiger partial charge in [0.1, 0.15) is 5.82 Å². The second kappa shape index (κ2) is 6.51. The van der Waals surface area contributed by atoms with E-state index in [1.54, 1.807) is 6.20 Å². The first-order valence-corrected chi connectivity index (χ1v) is 8.79. The molecule has 7 nitrogen and oxygen atoms in total. The number of aromatic nitrogens is 4. The highest BCUT2D eigenvalue weighted by atomic mass is 35.5. The Bertz CT molecular complexity index is 1160. The van der Waals surface area contributed by atoms with E-state index in [0.29, 0.717) is 17.0 Å². The van der Waals surface area contributed by atoms with Gasteiger partial charge in [0.05, 0.1) is 11.4 Å². The van der Waals surface area contributed by atoms with Crippen molar-refractivity contribution in [2.75, 3.05) is 23.4 Å². The van der Waals surface area contributed by atoms with Crippen molar-refractivity contribution in [2.24, 2.45) is 0 Å². The van der Waals surface area contributed by atoms with Gasteiger partial charge in [0, 0.05) is 23.7 Å². The molecule has 0 aliphatic carbocycles. The molecule has 0 radical (unpaired) electrons. The van der Waals surface area contributed by atoms with Crippen LogP contribution in [-0.4, -0.2) is 27.0 Å². The molecule has 4 aromatic rings. The molecule has 4 rings (SSSR count). The van der Waals surface area contributed by atoms with Gasteiger partial charge in [-0.2, -0.15) is 15.0 Å². The average molecular weight is 380 g/mol. The summed E-state index contributed by atoms with van der Waals surface area (Å²) in [6.07, 6.45) is 1.62. The summed E-state index contributed by atoms with van der Waals surface area (Å²) < 4.78 is 0. The summed E-state index contributed by atoms with van der Waals surface area (Å²) in [5, 5.41) is 3.42. The normalized spacial score (nSPS) is 12.4. The Kier molecular flexibility index (Phi) is 4.16. The molecular weight excluding hydrogens is 362 g/mol. The lowest BCUT2D eigenvalue weighted by Crippen LogP contribution is -2.24. The van der Waals surface area contributed by atoms with Crippen molar-refractivity contribution in [1.82, 2.24) is 19.9 Å². The van der Waals surface area contributed by atoms with E-state index in [-0.39, 0.29) is 17.8 Å². The van der Waals surface area contributed by atoms with Gasteiger partial charge in [-0.05, 0) is 23.9 Å². The van der Waals surface area contributed by atoms with Gasteiger partial charge in [-0.25, -0.2) is 4.98 Å². The summed E-state index contributed by atoms with van der Waals surface area (Å²) in [6.45, 7) is 2.09. The lowest BCUT2D eigenvalue weighted by atomic mass is 9.99. The van der Waals surface area contributed by atoms with Gasteiger partial charge in [0.15, 0.2) is 5.65 Å². The number of fused-ring (bicyclic) bond motifs is 2. The fourth-order valence-corrected chi connectivity index (χ4v) is 3.38. The van der Waals surface area contributed by atoms with Gasteiger partial charge in [-0.3, -0.25) is 0 Å². The third kappa shape index (κ3) is 2.96. The van der Waals surface area contributed by atoms with Crippen LogP contribution in [0.1, 0.15) is 18.5 Å². The number of hydrogen-bond acceptors (Lipinski definition) is 7. The highest BCUT2D eigenvalue weighted by molar-refractivity contribution is 6.35. The van der Waals surface area contributed by atoms with Crippen LogP contribution in [0.3, 0.4) is 0 Å². The van der Waals surface area contributed by atoms with Gasteiger partial charge in [-0.1, -0.05) is 41.9 Å². The smallest absolute Gasteiger partial charge is 0.227 e. The van der Waals surface area contributed by atoms with Crippen LogP contribution < -0.4 is 16.4 Å². The molecule has 0 fully saturated rings. The van der Waals surface area contributed by atoms with Gasteiger partial charge >= 0.3 is 0 Å². The molecule has 27 heavy (non-hydrogen) atoms. The molecular formula is C19H18ClN7. The SMILES string of the molecule is CC(c1ccc(Cl)c2ccccc12)N(C)c1ncc2c(N)nc(N)nc2n1. The molecule has 2 aromatic carbocycles. The summed E-state index contributed by atoms with van der Waals surface area (Å²) in [5.74, 6) is 0.874.